The number of nitrogens with zero attached hydrogens (tertiary/aromatic N) is 3. The van der Waals surface area contributed by atoms with Gasteiger partial charge in [-0.15, -0.1) is 0 Å². The van der Waals surface area contributed by atoms with Crippen molar-refractivity contribution in [2.45, 2.75) is 18.2 Å². The second kappa shape index (κ2) is 6.45. The van der Waals surface area contributed by atoms with E-state index >= 15 is 0 Å². The van der Waals surface area contributed by atoms with Gasteiger partial charge in [0.05, 0.1) is 12.6 Å². The van der Waals surface area contributed by atoms with Gasteiger partial charge in [-0.3, -0.25) is 19.8 Å². The van der Waals surface area contributed by atoms with Crippen molar-refractivity contribution in [2.75, 3.05) is 19.6 Å². The first kappa shape index (κ1) is 15.6. The fourth-order valence-corrected chi connectivity index (χ4v) is 2.73. The average Bonchev–Trinajstić information content (AvgIpc) is 3.16. The number of aromatic nitrogens is 3. The standard InChI is InChI=1S/C15H19N5O3/c21-13-8-20(7-11-2-1-4-16-6-11)10-15(13,23)9-17-14(22)12-3-5-18-19-12/h1-6,13,21,23H,7-10H2,(H,17,22)(H,18,19)/t13-,15+/m1/s1. The van der Waals surface area contributed by atoms with Crippen LogP contribution < -0.4 is 5.32 Å². The van der Waals surface area contributed by atoms with Gasteiger partial charge in [0.2, 0.25) is 0 Å². The molecule has 1 saturated heterocycles. The number of hydrogen-bond donors (Lipinski definition) is 4. The normalized spacial score (nSPS) is 24.7. The lowest BCUT2D eigenvalue weighted by Crippen LogP contribution is -2.51. The Kier molecular flexibility index (Phi) is 4.37. The fourth-order valence-electron chi connectivity index (χ4n) is 2.73. The quantitative estimate of drug-likeness (QED) is 0.571. The number of pyridine rings is 1. The van der Waals surface area contributed by atoms with Crippen LogP contribution in [0.1, 0.15) is 16.1 Å². The molecule has 0 bridgehead atoms. The maximum Gasteiger partial charge on any atom is 0.269 e. The van der Waals surface area contributed by atoms with E-state index in [1.165, 1.54) is 6.20 Å². The van der Waals surface area contributed by atoms with Crippen LogP contribution >= 0.6 is 0 Å². The Bertz CT molecular complexity index is 648. The first-order valence-electron chi connectivity index (χ1n) is 7.36. The van der Waals surface area contributed by atoms with Crippen molar-refractivity contribution in [1.82, 2.24) is 25.4 Å². The Labute approximate surface area is 133 Å². The van der Waals surface area contributed by atoms with E-state index < -0.39 is 11.7 Å². The number of hydrogen-bond acceptors (Lipinski definition) is 6. The van der Waals surface area contributed by atoms with Crippen molar-refractivity contribution in [2.24, 2.45) is 0 Å². The third kappa shape index (κ3) is 3.55. The molecule has 23 heavy (non-hydrogen) atoms. The summed E-state index contributed by atoms with van der Waals surface area (Å²) in [7, 11) is 0. The Morgan fingerprint density at radius 3 is 3.04 bits per heavy atom. The van der Waals surface area contributed by atoms with E-state index in [0.717, 1.165) is 5.56 Å². The van der Waals surface area contributed by atoms with Crippen LogP contribution in [0.3, 0.4) is 0 Å². The van der Waals surface area contributed by atoms with E-state index in [4.69, 9.17) is 0 Å². The molecule has 2 aromatic heterocycles. The maximum atomic E-state index is 11.9. The number of aromatic amines is 1. The monoisotopic (exact) mass is 317 g/mol. The SMILES string of the molecule is O=C(NC[C@]1(O)CN(Cc2cccnc2)C[C@H]1O)c1ccn[nH]1. The summed E-state index contributed by atoms with van der Waals surface area (Å²) >= 11 is 0. The summed E-state index contributed by atoms with van der Waals surface area (Å²) in [6.45, 7) is 1.16. The Balaban J connectivity index is 1.57. The number of aliphatic hydroxyl groups excluding tert-OH is 1. The van der Waals surface area contributed by atoms with E-state index in [9.17, 15) is 15.0 Å². The summed E-state index contributed by atoms with van der Waals surface area (Å²) < 4.78 is 0. The van der Waals surface area contributed by atoms with E-state index in [1.54, 1.807) is 18.5 Å². The van der Waals surface area contributed by atoms with Gasteiger partial charge in [0.25, 0.3) is 5.91 Å². The van der Waals surface area contributed by atoms with Crippen molar-refractivity contribution >= 4 is 5.91 Å². The van der Waals surface area contributed by atoms with Crippen molar-refractivity contribution in [1.29, 1.82) is 0 Å². The van der Waals surface area contributed by atoms with Crippen molar-refractivity contribution < 1.29 is 15.0 Å². The number of amides is 1. The van der Waals surface area contributed by atoms with Crippen LogP contribution in [-0.4, -0.2) is 67.5 Å². The van der Waals surface area contributed by atoms with Crippen LogP contribution in [0.15, 0.2) is 36.8 Å². The second-order valence-corrected chi connectivity index (χ2v) is 5.80. The Morgan fingerprint density at radius 2 is 2.35 bits per heavy atom. The summed E-state index contributed by atoms with van der Waals surface area (Å²) in [6, 6.07) is 5.33. The van der Waals surface area contributed by atoms with E-state index in [1.807, 2.05) is 17.0 Å². The molecule has 0 unspecified atom stereocenters. The Hall–Kier alpha value is -2.29. The lowest BCUT2D eigenvalue weighted by atomic mass is 10.0. The van der Waals surface area contributed by atoms with Crippen LogP contribution in [0.4, 0.5) is 0 Å². The minimum absolute atomic E-state index is 0.0322. The smallest absolute Gasteiger partial charge is 0.269 e. The molecule has 1 amide bonds. The second-order valence-electron chi connectivity index (χ2n) is 5.80. The highest BCUT2D eigenvalue weighted by Crippen LogP contribution is 2.23. The molecule has 2 atom stereocenters. The predicted octanol–water partition coefficient (Wildman–Crippen LogP) is -0.858. The lowest BCUT2D eigenvalue weighted by Gasteiger charge is -2.26. The van der Waals surface area contributed by atoms with Gasteiger partial charge in [0.1, 0.15) is 11.3 Å². The highest BCUT2D eigenvalue weighted by molar-refractivity contribution is 5.92. The van der Waals surface area contributed by atoms with E-state index in [2.05, 4.69) is 20.5 Å². The number of aliphatic hydroxyl groups is 2. The van der Waals surface area contributed by atoms with Crippen LogP contribution in [0, 0.1) is 0 Å². The summed E-state index contributed by atoms with van der Waals surface area (Å²) in [4.78, 5) is 17.9. The molecule has 0 aromatic carbocycles. The molecule has 2 aromatic rings. The number of likely N-dealkylation sites (tertiary alicyclic amines) is 1. The van der Waals surface area contributed by atoms with Gasteiger partial charge in [-0.25, -0.2) is 0 Å². The number of carbonyl (C=O) groups is 1. The summed E-state index contributed by atoms with van der Waals surface area (Å²) in [6.07, 6.45) is 4.00. The van der Waals surface area contributed by atoms with E-state index in [-0.39, 0.29) is 19.0 Å². The topological polar surface area (TPSA) is 114 Å². The van der Waals surface area contributed by atoms with Gasteiger partial charge in [0.15, 0.2) is 0 Å². The molecule has 3 rings (SSSR count). The highest BCUT2D eigenvalue weighted by atomic mass is 16.3. The fraction of sp³-hybridized carbons (Fsp3) is 0.400. The number of rotatable bonds is 5. The summed E-state index contributed by atoms with van der Waals surface area (Å²) in [5.41, 5.74) is -0.0588. The van der Waals surface area contributed by atoms with Gasteiger partial charge >= 0.3 is 0 Å². The zero-order chi connectivity index (χ0) is 16.3. The number of β-amino-alcohol motifs (C(OH)–C–C–N with tert-alkyl or cyclic N) is 2. The first-order valence-corrected chi connectivity index (χ1v) is 7.36. The molecular weight excluding hydrogens is 298 g/mol. The molecule has 4 N–H and O–H groups in total. The minimum atomic E-state index is -1.38. The van der Waals surface area contributed by atoms with Crippen LogP contribution in [0.2, 0.25) is 0 Å². The molecule has 8 heteroatoms. The predicted molar refractivity (Wildman–Crippen MR) is 81.4 cm³/mol. The number of nitrogens with one attached hydrogen (secondary N) is 2. The van der Waals surface area contributed by atoms with Gasteiger partial charge in [-0.05, 0) is 17.7 Å². The third-order valence-electron chi connectivity index (χ3n) is 3.98. The van der Waals surface area contributed by atoms with Crippen molar-refractivity contribution in [3.8, 4) is 0 Å². The van der Waals surface area contributed by atoms with Crippen molar-refractivity contribution in [3.63, 3.8) is 0 Å². The molecule has 0 spiro atoms. The summed E-state index contributed by atoms with van der Waals surface area (Å²) in [5, 5.41) is 29.6. The van der Waals surface area contributed by atoms with Gasteiger partial charge in [-0.1, -0.05) is 6.07 Å². The molecule has 0 saturated carbocycles. The third-order valence-corrected chi connectivity index (χ3v) is 3.98. The number of carbonyl (C=O) groups excluding carboxylic acids is 1. The largest absolute Gasteiger partial charge is 0.389 e. The maximum absolute atomic E-state index is 11.9. The molecule has 122 valence electrons. The number of H-pyrrole nitrogens is 1. The molecule has 8 nitrogen and oxygen atoms in total. The molecule has 0 aliphatic carbocycles. The lowest BCUT2D eigenvalue weighted by molar-refractivity contribution is -0.0377. The Morgan fingerprint density at radius 1 is 1.48 bits per heavy atom. The molecule has 0 radical (unpaired) electrons. The summed E-state index contributed by atoms with van der Waals surface area (Å²) in [5.74, 6) is -0.367. The molecule has 3 heterocycles. The van der Waals surface area contributed by atoms with Gasteiger partial charge < -0.3 is 15.5 Å². The minimum Gasteiger partial charge on any atom is -0.389 e. The zero-order valence-electron chi connectivity index (χ0n) is 12.5. The molecular formula is C15H19N5O3. The molecule has 1 fully saturated rings. The van der Waals surface area contributed by atoms with Crippen LogP contribution in [0.25, 0.3) is 0 Å². The van der Waals surface area contributed by atoms with Crippen LogP contribution in [0.5, 0.6) is 0 Å². The van der Waals surface area contributed by atoms with E-state index in [0.29, 0.717) is 18.8 Å². The highest BCUT2D eigenvalue weighted by Gasteiger charge is 2.44. The van der Waals surface area contributed by atoms with Gasteiger partial charge in [0, 0.05) is 38.2 Å². The molecule has 1 aliphatic heterocycles. The van der Waals surface area contributed by atoms with Crippen molar-refractivity contribution in [3.05, 3.63) is 48.0 Å². The average molecular weight is 317 g/mol. The molecule has 1 aliphatic rings. The zero-order valence-corrected chi connectivity index (χ0v) is 12.5. The van der Waals surface area contributed by atoms with Crippen LogP contribution in [-0.2, 0) is 6.54 Å². The van der Waals surface area contributed by atoms with Gasteiger partial charge in [-0.2, -0.15) is 5.10 Å². The first-order chi connectivity index (χ1) is 11.1.